The Morgan fingerprint density at radius 1 is 1.35 bits per heavy atom. The largest absolute Gasteiger partial charge is 0.490 e. The molecule has 0 spiro atoms. The molecular formula is C13H10N2O4S. The third-order valence-corrected chi connectivity index (χ3v) is 4.02. The molecule has 1 aromatic carbocycles. The summed E-state index contributed by atoms with van der Waals surface area (Å²) >= 11 is 1.34. The lowest BCUT2D eigenvalue weighted by Crippen LogP contribution is -2.07. The molecule has 0 radical (unpaired) electrons. The van der Waals surface area contributed by atoms with Crippen LogP contribution in [0.2, 0.25) is 0 Å². The van der Waals surface area contributed by atoms with E-state index >= 15 is 0 Å². The lowest BCUT2D eigenvalue weighted by Gasteiger charge is -2.09. The van der Waals surface area contributed by atoms with Crippen molar-refractivity contribution in [2.75, 3.05) is 7.11 Å². The van der Waals surface area contributed by atoms with Gasteiger partial charge in [-0.15, -0.1) is 0 Å². The number of nitro benzene ring substituents is 1. The number of H-pyrrole nitrogens is 1. The Balaban J connectivity index is 2.69. The summed E-state index contributed by atoms with van der Waals surface area (Å²) in [5, 5.41) is 16.3. The first kappa shape index (κ1) is 12.6. The van der Waals surface area contributed by atoms with Gasteiger partial charge in [0.2, 0.25) is 0 Å². The number of methoxy groups -OCH3 is 1. The van der Waals surface area contributed by atoms with Gasteiger partial charge in [0, 0.05) is 10.8 Å². The van der Waals surface area contributed by atoms with Gasteiger partial charge in [0.25, 0.3) is 5.56 Å². The van der Waals surface area contributed by atoms with Crippen molar-refractivity contribution in [2.24, 2.45) is 0 Å². The molecule has 0 bridgehead atoms. The second-order valence-corrected chi connectivity index (χ2v) is 5.15. The van der Waals surface area contributed by atoms with Crippen molar-refractivity contribution in [1.82, 2.24) is 4.98 Å². The van der Waals surface area contributed by atoms with Gasteiger partial charge in [0.1, 0.15) is 0 Å². The van der Waals surface area contributed by atoms with Crippen molar-refractivity contribution in [2.45, 2.75) is 6.92 Å². The van der Waals surface area contributed by atoms with Crippen molar-refractivity contribution >= 4 is 38.7 Å². The molecule has 0 atom stereocenters. The average molecular weight is 290 g/mol. The van der Waals surface area contributed by atoms with Crippen LogP contribution in [0.5, 0.6) is 5.75 Å². The monoisotopic (exact) mass is 290 g/mol. The molecule has 0 saturated carbocycles. The molecule has 102 valence electrons. The maximum absolute atomic E-state index is 12.0. The Morgan fingerprint density at radius 2 is 2.05 bits per heavy atom. The van der Waals surface area contributed by atoms with Crippen molar-refractivity contribution < 1.29 is 9.66 Å². The van der Waals surface area contributed by atoms with Gasteiger partial charge in [-0.1, -0.05) is 0 Å². The highest BCUT2D eigenvalue weighted by Gasteiger charge is 2.24. The van der Waals surface area contributed by atoms with E-state index in [1.807, 2.05) is 0 Å². The number of benzene rings is 1. The molecule has 3 aromatic rings. The third kappa shape index (κ3) is 1.60. The summed E-state index contributed by atoms with van der Waals surface area (Å²) < 4.78 is 5.12. The van der Waals surface area contributed by atoms with Gasteiger partial charge in [-0.25, -0.2) is 0 Å². The highest BCUT2D eigenvalue weighted by Crippen LogP contribution is 2.40. The van der Waals surface area contributed by atoms with Crippen molar-refractivity contribution in [3.8, 4) is 5.75 Å². The van der Waals surface area contributed by atoms with E-state index in [0.717, 1.165) is 5.56 Å². The molecule has 1 N–H and O–H groups in total. The average Bonchev–Trinajstić information content (AvgIpc) is 2.89. The minimum Gasteiger partial charge on any atom is -0.490 e. The molecule has 20 heavy (non-hydrogen) atoms. The second kappa shape index (κ2) is 4.31. The van der Waals surface area contributed by atoms with Crippen LogP contribution in [0.15, 0.2) is 21.6 Å². The van der Waals surface area contributed by atoms with Crippen LogP contribution in [0.3, 0.4) is 0 Å². The molecule has 2 heterocycles. The van der Waals surface area contributed by atoms with Gasteiger partial charge in [-0.3, -0.25) is 14.9 Å². The number of fused-ring (bicyclic) bond motifs is 3. The van der Waals surface area contributed by atoms with E-state index in [9.17, 15) is 14.9 Å². The Bertz CT molecular complexity index is 910. The Morgan fingerprint density at radius 3 is 2.70 bits per heavy atom. The first-order chi connectivity index (χ1) is 9.54. The molecule has 6 nitrogen and oxygen atoms in total. The summed E-state index contributed by atoms with van der Waals surface area (Å²) in [6.45, 7) is 1.78. The van der Waals surface area contributed by atoms with Crippen LogP contribution in [-0.2, 0) is 0 Å². The highest BCUT2D eigenvalue weighted by atomic mass is 32.1. The summed E-state index contributed by atoms with van der Waals surface area (Å²) in [4.78, 5) is 25.6. The van der Waals surface area contributed by atoms with Crippen LogP contribution < -0.4 is 10.3 Å². The van der Waals surface area contributed by atoms with Crippen LogP contribution >= 0.6 is 11.3 Å². The molecule has 7 heteroatoms. The summed E-state index contributed by atoms with van der Waals surface area (Å²) in [5.74, 6) is 0.194. The van der Waals surface area contributed by atoms with E-state index in [0.29, 0.717) is 21.7 Å². The smallest absolute Gasteiger partial charge is 0.320 e. The van der Waals surface area contributed by atoms with Crippen LogP contribution in [0, 0.1) is 17.0 Å². The molecule has 0 aliphatic carbocycles. The first-order valence-electron chi connectivity index (χ1n) is 5.78. The number of rotatable bonds is 2. The zero-order valence-electron chi connectivity index (χ0n) is 10.7. The Kier molecular flexibility index (Phi) is 2.72. The van der Waals surface area contributed by atoms with Crippen molar-refractivity contribution in [3.05, 3.63) is 42.9 Å². The van der Waals surface area contributed by atoms with Crippen LogP contribution in [-0.4, -0.2) is 17.0 Å². The standard InChI is InChI=1S/C13H10N2O4S/c1-6-3-9(19-2)12(15(17)18)10-7-4-20-5-8(7)13(16)14-11(6)10/h3-5H,1-2H3,(H,14,16). The molecule has 0 saturated heterocycles. The highest BCUT2D eigenvalue weighted by molar-refractivity contribution is 7.09. The number of nitrogens with zero attached hydrogens (tertiary/aromatic N) is 1. The number of hydrogen-bond acceptors (Lipinski definition) is 5. The van der Waals surface area contributed by atoms with E-state index in [1.165, 1.54) is 18.4 Å². The Labute approximate surface area is 116 Å². The number of hydrogen-bond donors (Lipinski definition) is 1. The van der Waals surface area contributed by atoms with Gasteiger partial charge in [0.05, 0.1) is 28.3 Å². The van der Waals surface area contributed by atoms with Crippen LogP contribution in [0.4, 0.5) is 5.69 Å². The topological polar surface area (TPSA) is 85.2 Å². The number of nitrogens with one attached hydrogen (secondary N) is 1. The number of thiophene rings is 1. The lowest BCUT2D eigenvalue weighted by atomic mass is 10.0. The number of aromatic amines is 1. The molecule has 0 amide bonds. The summed E-state index contributed by atoms with van der Waals surface area (Å²) in [5.41, 5.74) is 0.852. The molecular weight excluding hydrogens is 280 g/mol. The van der Waals surface area contributed by atoms with Crippen molar-refractivity contribution in [1.29, 1.82) is 0 Å². The van der Waals surface area contributed by atoms with E-state index in [1.54, 1.807) is 23.8 Å². The third-order valence-electron chi connectivity index (χ3n) is 3.28. The van der Waals surface area contributed by atoms with Crippen LogP contribution in [0.1, 0.15) is 5.56 Å². The van der Waals surface area contributed by atoms with Crippen LogP contribution in [0.25, 0.3) is 21.7 Å². The summed E-state index contributed by atoms with van der Waals surface area (Å²) in [6.07, 6.45) is 0. The van der Waals surface area contributed by atoms with Crippen molar-refractivity contribution in [3.63, 3.8) is 0 Å². The van der Waals surface area contributed by atoms with Gasteiger partial charge in [-0.05, 0) is 23.9 Å². The Hall–Kier alpha value is -2.41. The van der Waals surface area contributed by atoms with Gasteiger partial charge >= 0.3 is 5.69 Å². The zero-order chi connectivity index (χ0) is 14.4. The molecule has 0 unspecified atom stereocenters. The quantitative estimate of drug-likeness (QED) is 0.580. The number of ether oxygens (including phenoxy) is 1. The first-order valence-corrected chi connectivity index (χ1v) is 6.72. The van der Waals surface area contributed by atoms with E-state index in [2.05, 4.69) is 4.98 Å². The molecule has 3 rings (SSSR count). The maximum atomic E-state index is 12.0. The lowest BCUT2D eigenvalue weighted by molar-refractivity contribution is -0.383. The predicted molar refractivity (Wildman–Crippen MR) is 77.9 cm³/mol. The molecule has 0 fully saturated rings. The fraction of sp³-hybridized carbons (Fsp3) is 0.154. The van der Waals surface area contributed by atoms with Gasteiger partial charge in [0.15, 0.2) is 5.75 Å². The minimum atomic E-state index is -0.476. The van der Waals surface area contributed by atoms with Gasteiger partial charge in [-0.2, -0.15) is 11.3 Å². The van der Waals surface area contributed by atoms with Gasteiger partial charge < -0.3 is 9.72 Å². The number of pyridine rings is 1. The number of aryl methyl sites for hydroxylation is 1. The SMILES string of the molecule is COc1cc(C)c2[nH]c(=O)c3cscc3c2c1[N+](=O)[O-]. The summed E-state index contributed by atoms with van der Waals surface area (Å²) in [6, 6.07) is 1.56. The zero-order valence-corrected chi connectivity index (χ0v) is 11.5. The number of aromatic nitrogens is 1. The minimum absolute atomic E-state index is 0.118. The molecule has 2 aromatic heterocycles. The molecule has 0 aliphatic heterocycles. The van der Waals surface area contributed by atoms with E-state index in [4.69, 9.17) is 4.74 Å². The van der Waals surface area contributed by atoms with E-state index in [-0.39, 0.29) is 17.0 Å². The fourth-order valence-electron chi connectivity index (χ4n) is 2.38. The maximum Gasteiger partial charge on any atom is 0.320 e. The number of nitro groups is 1. The summed E-state index contributed by atoms with van der Waals surface area (Å²) in [7, 11) is 1.39. The molecule has 0 aliphatic rings. The fourth-order valence-corrected chi connectivity index (χ4v) is 3.20. The second-order valence-electron chi connectivity index (χ2n) is 4.40. The predicted octanol–water partition coefficient (Wildman–Crippen LogP) is 2.97. The van der Waals surface area contributed by atoms with E-state index < -0.39 is 4.92 Å². The normalized spacial score (nSPS) is 11.1.